The first-order chi connectivity index (χ1) is 7.86. The molecule has 94 valence electrons. The standard InChI is InChI=1S/C10H13NO5S/c1-2-3-4-8-5-6-9(11(12)13)7-10(8)17(14,15)16/h5-7H,2-4H2,1H3,(H,14,15,16). The van der Waals surface area contributed by atoms with E-state index in [2.05, 4.69) is 0 Å². The number of rotatable bonds is 5. The lowest BCUT2D eigenvalue weighted by Gasteiger charge is -2.06. The number of hydrogen-bond donors (Lipinski definition) is 1. The minimum atomic E-state index is -4.42. The van der Waals surface area contributed by atoms with Gasteiger partial charge in [-0.2, -0.15) is 8.42 Å². The Morgan fingerprint density at radius 1 is 1.41 bits per heavy atom. The number of unbranched alkanes of at least 4 members (excludes halogenated alkanes) is 1. The van der Waals surface area contributed by atoms with E-state index in [1.807, 2.05) is 6.92 Å². The van der Waals surface area contributed by atoms with Gasteiger partial charge < -0.3 is 0 Å². The van der Waals surface area contributed by atoms with Crippen LogP contribution in [0.5, 0.6) is 0 Å². The van der Waals surface area contributed by atoms with Crippen molar-refractivity contribution in [1.29, 1.82) is 0 Å². The van der Waals surface area contributed by atoms with E-state index < -0.39 is 15.0 Å². The van der Waals surface area contributed by atoms with Gasteiger partial charge in [0.25, 0.3) is 15.8 Å². The summed E-state index contributed by atoms with van der Waals surface area (Å²) in [4.78, 5) is 9.46. The highest BCUT2D eigenvalue weighted by atomic mass is 32.2. The molecule has 0 bridgehead atoms. The highest BCUT2D eigenvalue weighted by Crippen LogP contribution is 2.23. The van der Waals surface area contributed by atoms with Crippen molar-refractivity contribution in [2.75, 3.05) is 0 Å². The third kappa shape index (κ3) is 3.50. The summed E-state index contributed by atoms with van der Waals surface area (Å²) in [6.45, 7) is 1.94. The molecular weight excluding hydrogens is 246 g/mol. The molecule has 0 heterocycles. The van der Waals surface area contributed by atoms with Crippen molar-refractivity contribution >= 4 is 15.8 Å². The molecule has 17 heavy (non-hydrogen) atoms. The smallest absolute Gasteiger partial charge is 0.282 e. The summed E-state index contributed by atoms with van der Waals surface area (Å²) < 4.78 is 31.3. The van der Waals surface area contributed by atoms with Crippen LogP contribution in [0, 0.1) is 10.1 Å². The maximum absolute atomic E-state index is 11.1. The average Bonchev–Trinajstić information content (AvgIpc) is 2.24. The summed E-state index contributed by atoms with van der Waals surface area (Å²) in [7, 11) is -4.42. The molecule has 0 unspecified atom stereocenters. The Morgan fingerprint density at radius 3 is 2.53 bits per heavy atom. The van der Waals surface area contributed by atoms with E-state index in [-0.39, 0.29) is 10.6 Å². The van der Waals surface area contributed by atoms with Crippen LogP contribution in [0.25, 0.3) is 0 Å². The van der Waals surface area contributed by atoms with E-state index in [0.717, 1.165) is 18.9 Å². The zero-order chi connectivity index (χ0) is 13.1. The fourth-order valence-corrected chi connectivity index (χ4v) is 2.24. The van der Waals surface area contributed by atoms with Crippen LogP contribution < -0.4 is 0 Å². The number of nitro groups is 1. The predicted octanol–water partition coefficient (Wildman–Crippen LogP) is 2.18. The first-order valence-electron chi connectivity index (χ1n) is 5.11. The number of nitro benzene ring substituents is 1. The normalized spacial score (nSPS) is 11.4. The summed E-state index contributed by atoms with van der Waals surface area (Å²) in [5, 5.41) is 10.5. The van der Waals surface area contributed by atoms with Gasteiger partial charge in [0, 0.05) is 12.1 Å². The molecule has 0 atom stereocenters. The van der Waals surface area contributed by atoms with Crippen LogP contribution in [0.3, 0.4) is 0 Å². The van der Waals surface area contributed by atoms with Crippen LogP contribution in [-0.4, -0.2) is 17.9 Å². The van der Waals surface area contributed by atoms with Gasteiger partial charge in [-0.25, -0.2) is 0 Å². The predicted molar refractivity (Wildman–Crippen MR) is 61.5 cm³/mol. The molecule has 7 heteroatoms. The first-order valence-corrected chi connectivity index (χ1v) is 6.55. The van der Waals surface area contributed by atoms with Gasteiger partial charge in [-0.1, -0.05) is 19.4 Å². The maximum atomic E-state index is 11.1. The lowest BCUT2D eigenvalue weighted by atomic mass is 10.1. The number of non-ortho nitro benzene ring substituents is 1. The van der Waals surface area contributed by atoms with Gasteiger partial charge in [0.15, 0.2) is 0 Å². The molecule has 0 spiro atoms. The van der Waals surface area contributed by atoms with Crippen LogP contribution in [0.2, 0.25) is 0 Å². The molecule has 0 aromatic heterocycles. The molecule has 1 N–H and O–H groups in total. The molecule has 0 radical (unpaired) electrons. The molecule has 0 aliphatic carbocycles. The Kier molecular flexibility index (Phi) is 4.19. The van der Waals surface area contributed by atoms with E-state index in [9.17, 15) is 18.5 Å². The van der Waals surface area contributed by atoms with Gasteiger partial charge in [0.05, 0.1) is 4.92 Å². The van der Waals surface area contributed by atoms with Crippen molar-refractivity contribution in [2.45, 2.75) is 31.1 Å². The molecule has 0 aliphatic heterocycles. The Bertz CT molecular complexity index is 523. The molecular formula is C10H13NO5S. The van der Waals surface area contributed by atoms with Crippen molar-refractivity contribution < 1.29 is 17.9 Å². The Morgan fingerprint density at radius 2 is 2.06 bits per heavy atom. The second-order valence-electron chi connectivity index (χ2n) is 3.63. The Labute approximate surface area is 99.2 Å². The van der Waals surface area contributed by atoms with Crippen LogP contribution in [-0.2, 0) is 16.5 Å². The molecule has 1 aromatic carbocycles. The molecule has 0 saturated carbocycles. The van der Waals surface area contributed by atoms with E-state index in [1.165, 1.54) is 12.1 Å². The third-order valence-electron chi connectivity index (χ3n) is 2.34. The number of hydrogen-bond acceptors (Lipinski definition) is 4. The summed E-state index contributed by atoms with van der Waals surface area (Å²) in [5.41, 5.74) is 0.0535. The quantitative estimate of drug-likeness (QED) is 0.496. The van der Waals surface area contributed by atoms with E-state index in [4.69, 9.17) is 4.55 Å². The van der Waals surface area contributed by atoms with Crippen molar-refractivity contribution in [3.05, 3.63) is 33.9 Å². The topological polar surface area (TPSA) is 97.5 Å². The van der Waals surface area contributed by atoms with E-state index in [1.54, 1.807) is 0 Å². The zero-order valence-electron chi connectivity index (χ0n) is 9.29. The van der Waals surface area contributed by atoms with Gasteiger partial charge in [0.2, 0.25) is 0 Å². The van der Waals surface area contributed by atoms with Crippen LogP contribution in [0.4, 0.5) is 5.69 Å². The maximum Gasteiger partial charge on any atom is 0.295 e. The number of aryl methyl sites for hydroxylation is 1. The molecule has 0 saturated heterocycles. The van der Waals surface area contributed by atoms with Gasteiger partial charge >= 0.3 is 0 Å². The summed E-state index contributed by atoms with van der Waals surface area (Å²) >= 11 is 0. The van der Waals surface area contributed by atoms with Crippen LogP contribution in [0.1, 0.15) is 25.3 Å². The summed E-state index contributed by atoms with van der Waals surface area (Å²) in [6.07, 6.45) is 2.08. The minimum absolute atomic E-state index is 0.349. The SMILES string of the molecule is CCCCc1ccc([N+](=O)[O-])cc1S(=O)(=O)O. The molecule has 0 amide bonds. The second kappa shape index (κ2) is 5.24. The fourth-order valence-electron chi connectivity index (χ4n) is 1.47. The zero-order valence-corrected chi connectivity index (χ0v) is 10.1. The number of benzene rings is 1. The highest BCUT2D eigenvalue weighted by Gasteiger charge is 2.19. The molecule has 6 nitrogen and oxygen atoms in total. The van der Waals surface area contributed by atoms with E-state index >= 15 is 0 Å². The largest absolute Gasteiger partial charge is 0.295 e. The third-order valence-corrected chi connectivity index (χ3v) is 3.27. The van der Waals surface area contributed by atoms with Gasteiger partial charge in [0.1, 0.15) is 4.90 Å². The molecule has 1 aromatic rings. The minimum Gasteiger partial charge on any atom is -0.282 e. The van der Waals surface area contributed by atoms with Crippen molar-refractivity contribution in [1.82, 2.24) is 0 Å². The average molecular weight is 259 g/mol. The molecule has 1 rings (SSSR count). The van der Waals surface area contributed by atoms with Crippen molar-refractivity contribution in [3.8, 4) is 0 Å². The fraction of sp³-hybridized carbons (Fsp3) is 0.400. The monoisotopic (exact) mass is 259 g/mol. The van der Waals surface area contributed by atoms with Crippen molar-refractivity contribution in [2.24, 2.45) is 0 Å². The highest BCUT2D eigenvalue weighted by molar-refractivity contribution is 7.85. The first kappa shape index (κ1) is 13.6. The van der Waals surface area contributed by atoms with Gasteiger partial charge in [-0.15, -0.1) is 0 Å². The Hall–Kier alpha value is -1.47. The van der Waals surface area contributed by atoms with E-state index in [0.29, 0.717) is 12.0 Å². The lowest BCUT2D eigenvalue weighted by molar-refractivity contribution is -0.385. The summed E-state index contributed by atoms with van der Waals surface area (Å²) in [6, 6.07) is 3.50. The lowest BCUT2D eigenvalue weighted by Crippen LogP contribution is -2.04. The number of nitrogens with zero attached hydrogens (tertiary/aromatic N) is 1. The second-order valence-corrected chi connectivity index (χ2v) is 5.02. The van der Waals surface area contributed by atoms with Gasteiger partial charge in [-0.3, -0.25) is 14.7 Å². The van der Waals surface area contributed by atoms with Gasteiger partial charge in [-0.05, 0) is 18.4 Å². The molecule has 0 fully saturated rings. The Balaban J connectivity index is 3.27. The summed E-state index contributed by atoms with van der Waals surface area (Å²) in [5.74, 6) is 0. The van der Waals surface area contributed by atoms with Crippen LogP contribution in [0.15, 0.2) is 23.1 Å². The van der Waals surface area contributed by atoms with Crippen molar-refractivity contribution in [3.63, 3.8) is 0 Å². The molecule has 0 aliphatic rings. The van der Waals surface area contributed by atoms with Crippen LogP contribution >= 0.6 is 0 Å².